The molecule has 0 aliphatic rings. The molecule has 0 aliphatic heterocycles. The lowest BCUT2D eigenvalue weighted by molar-refractivity contribution is -0.478. The highest BCUT2D eigenvalue weighted by Crippen LogP contribution is 2.66. The smallest absolute Gasteiger partial charge is 0.192 e. The van der Waals surface area contributed by atoms with Gasteiger partial charge in [-0.05, 0) is 0 Å². The average Bonchev–Trinajstić information content (AvgIpc) is 2.56. The second kappa shape index (κ2) is 9.18. The molecule has 0 atom stereocenters. The van der Waals surface area contributed by atoms with Crippen molar-refractivity contribution in [1.82, 2.24) is 0 Å². The Balaban J connectivity index is 0. The van der Waals surface area contributed by atoms with Crippen LogP contribution in [0.15, 0.2) is 0 Å². The van der Waals surface area contributed by atoms with E-state index in [0.717, 1.165) is 0 Å². The summed E-state index contributed by atoms with van der Waals surface area (Å²) in [5.74, 6) is -71.5. The molecule has 0 saturated heterocycles. The SMILES string of the molecule is FC(F)(F)C(F)(F)C(F)(F)C(F)(F)C(F)(F)C(F)(F)C(F)(F)C(F)(F)C(F)(F)C(F)(F)F.O=S(=O)(F)F. The van der Waals surface area contributed by atoms with Gasteiger partial charge in [0.25, 0.3) is 0 Å². The predicted octanol–water partition coefficient (Wildman–Crippen LogP) is 7.36. The van der Waals surface area contributed by atoms with Crippen molar-refractivity contribution in [2.24, 2.45) is 0 Å². The maximum atomic E-state index is 13.1. The highest BCUT2D eigenvalue weighted by atomic mass is 32.3. The Hall–Kier alpha value is -1.73. The van der Waals surface area contributed by atoms with Gasteiger partial charge in [0.1, 0.15) is 0 Å². The molecular formula is C10F24O2S. The Morgan fingerprint density at radius 1 is 0.270 bits per heavy atom. The van der Waals surface area contributed by atoms with E-state index in [0.29, 0.717) is 0 Å². The fourth-order valence-corrected chi connectivity index (χ4v) is 1.54. The summed E-state index contributed by atoms with van der Waals surface area (Å²) in [5.41, 5.74) is 0. The summed E-state index contributed by atoms with van der Waals surface area (Å²) in [6, 6.07) is 0. The topological polar surface area (TPSA) is 34.1 Å². The Bertz CT molecular complexity index is 837. The van der Waals surface area contributed by atoms with Crippen LogP contribution in [0.2, 0.25) is 0 Å². The lowest BCUT2D eigenvalue weighted by Gasteiger charge is -2.43. The fraction of sp³-hybridized carbons (Fsp3) is 1.00. The van der Waals surface area contributed by atoms with E-state index in [4.69, 9.17) is 8.42 Å². The van der Waals surface area contributed by atoms with Crippen molar-refractivity contribution in [2.75, 3.05) is 0 Å². The van der Waals surface area contributed by atoms with E-state index in [2.05, 4.69) is 0 Å². The van der Waals surface area contributed by atoms with Gasteiger partial charge in [-0.25, -0.2) is 0 Å². The summed E-state index contributed by atoms with van der Waals surface area (Å²) in [4.78, 5) is 0. The van der Waals surface area contributed by atoms with E-state index >= 15 is 0 Å². The van der Waals surface area contributed by atoms with Gasteiger partial charge in [0, 0.05) is 0 Å². The maximum Gasteiger partial charge on any atom is 0.476 e. The van der Waals surface area contributed by atoms with Crippen LogP contribution in [0.3, 0.4) is 0 Å². The Morgan fingerprint density at radius 3 is 0.432 bits per heavy atom. The van der Waals surface area contributed by atoms with Crippen molar-refractivity contribution < 1.29 is 113 Å². The molecule has 0 spiro atoms. The van der Waals surface area contributed by atoms with Crippen molar-refractivity contribution in [3.05, 3.63) is 0 Å². The van der Waals surface area contributed by atoms with Crippen LogP contribution in [0.25, 0.3) is 0 Å². The zero-order valence-electron chi connectivity index (χ0n) is 15.3. The Labute approximate surface area is 184 Å². The summed E-state index contributed by atoms with van der Waals surface area (Å²) in [6.45, 7) is 0. The van der Waals surface area contributed by atoms with Gasteiger partial charge in [-0.1, -0.05) is 7.77 Å². The molecule has 0 bridgehead atoms. The molecule has 0 aromatic rings. The molecule has 0 saturated carbocycles. The van der Waals surface area contributed by atoms with Crippen LogP contribution in [0, 0.1) is 0 Å². The summed E-state index contributed by atoms with van der Waals surface area (Å²) in [7, 11) is -5.67. The lowest BCUT2D eigenvalue weighted by Crippen LogP contribution is -2.76. The predicted molar refractivity (Wildman–Crippen MR) is 62.8 cm³/mol. The quantitative estimate of drug-likeness (QED) is 0.215. The molecule has 0 rings (SSSR count). The third-order valence-electron chi connectivity index (χ3n) is 3.47. The average molecular weight is 640 g/mol. The molecule has 27 heteroatoms. The van der Waals surface area contributed by atoms with Crippen LogP contribution in [0.1, 0.15) is 0 Å². The Morgan fingerprint density at radius 2 is 0.351 bits per heavy atom. The maximum absolute atomic E-state index is 13.1. The largest absolute Gasteiger partial charge is 0.476 e. The zero-order valence-corrected chi connectivity index (χ0v) is 16.1. The molecule has 0 amide bonds. The van der Waals surface area contributed by atoms with Gasteiger partial charge in [0.05, 0.1) is 0 Å². The van der Waals surface area contributed by atoms with Crippen LogP contribution in [0.4, 0.5) is 104 Å². The van der Waals surface area contributed by atoms with Crippen LogP contribution < -0.4 is 0 Å². The van der Waals surface area contributed by atoms with Crippen molar-refractivity contribution in [1.29, 1.82) is 0 Å². The van der Waals surface area contributed by atoms with Gasteiger partial charge < -0.3 is 0 Å². The third kappa shape index (κ3) is 5.68. The first kappa shape index (κ1) is 37.4. The molecule has 226 valence electrons. The number of rotatable bonds is 7. The molecular weight excluding hydrogens is 640 g/mol. The first-order valence-electron chi connectivity index (χ1n) is 7.05. The molecule has 2 nitrogen and oxygen atoms in total. The highest BCUT2D eigenvalue weighted by molar-refractivity contribution is 7.81. The standard InChI is InChI=1S/C10F22.F2O2S/c11-1(12,3(15,16)5(19,20)7(23,24)9(27,28)29)2(13,14)4(17,18)6(21,22)8(25,26)10(30,31)32;1-5(2,3)4. The summed E-state index contributed by atoms with van der Waals surface area (Å²) >= 11 is 0. The zero-order chi connectivity index (χ0) is 31.5. The molecule has 37 heavy (non-hydrogen) atoms. The van der Waals surface area contributed by atoms with Crippen LogP contribution >= 0.6 is 0 Å². The van der Waals surface area contributed by atoms with E-state index in [1.54, 1.807) is 0 Å². The van der Waals surface area contributed by atoms with Crippen molar-refractivity contribution in [3.63, 3.8) is 0 Å². The second-order valence-electron chi connectivity index (χ2n) is 5.97. The summed E-state index contributed by atoms with van der Waals surface area (Å²) < 4.78 is 313. The first-order valence-corrected chi connectivity index (χ1v) is 8.33. The van der Waals surface area contributed by atoms with E-state index < -0.39 is 70.3 Å². The minimum Gasteiger partial charge on any atom is -0.192 e. The third-order valence-corrected chi connectivity index (χ3v) is 3.47. The molecule has 0 aromatic heterocycles. The lowest BCUT2D eigenvalue weighted by atomic mass is 9.87. The van der Waals surface area contributed by atoms with Gasteiger partial charge in [0.2, 0.25) is 0 Å². The van der Waals surface area contributed by atoms with Gasteiger partial charge in [-0.15, -0.1) is 0 Å². The van der Waals surface area contributed by atoms with Gasteiger partial charge >= 0.3 is 70.3 Å². The number of alkyl halides is 22. The Kier molecular flexibility index (Phi) is 9.29. The first-order chi connectivity index (χ1) is 15.2. The fourth-order valence-electron chi connectivity index (χ4n) is 1.54. The monoisotopic (exact) mass is 640 g/mol. The van der Waals surface area contributed by atoms with Gasteiger partial charge in [-0.2, -0.15) is 105 Å². The van der Waals surface area contributed by atoms with Crippen molar-refractivity contribution in [2.45, 2.75) is 59.7 Å². The number of halogens is 24. The normalized spacial score (nSPS) is 16.3. The molecule has 0 heterocycles. The summed E-state index contributed by atoms with van der Waals surface area (Å²) in [5, 5.41) is 0. The van der Waals surface area contributed by atoms with Crippen LogP contribution in [-0.2, 0) is 10.6 Å². The molecule has 0 aromatic carbocycles. The second-order valence-corrected chi connectivity index (χ2v) is 6.73. The summed E-state index contributed by atoms with van der Waals surface area (Å²) in [6.07, 6.45) is -16.1. The molecule has 0 aliphatic carbocycles. The minimum atomic E-state index is -9.24. The van der Waals surface area contributed by atoms with E-state index in [1.807, 2.05) is 0 Å². The number of hydrogen-bond donors (Lipinski definition) is 0. The van der Waals surface area contributed by atoms with Gasteiger partial charge in [0.15, 0.2) is 0 Å². The number of hydrogen-bond acceptors (Lipinski definition) is 2. The van der Waals surface area contributed by atoms with E-state index in [1.165, 1.54) is 0 Å². The van der Waals surface area contributed by atoms with Crippen molar-refractivity contribution in [3.8, 4) is 0 Å². The van der Waals surface area contributed by atoms with E-state index in [-0.39, 0.29) is 0 Å². The molecule has 0 fully saturated rings. The van der Waals surface area contributed by atoms with Crippen LogP contribution in [-0.4, -0.2) is 68.2 Å². The van der Waals surface area contributed by atoms with Crippen LogP contribution in [0.5, 0.6) is 0 Å². The van der Waals surface area contributed by atoms with Crippen molar-refractivity contribution >= 4 is 10.6 Å². The minimum absolute atomic E-state index is 5.67. The molecule has 0 N–H and O–H groups in total. The van der Waals surface area contributed by atoms with Gasteiger partial charge in [-0.3, -0.25) is 0 Å². The molecule has 0 radical (unpaired) electrons. The molecule has 0 unspecified atom stereocenters. The highest BCUT2D eigenvalue weighted by Gasteiger charge is 2.98. The van der Waals surface area contributed by atoms with E-state index in [9.17, 15) is 104 Å².